The van der Waals surface area contributed by atoms with Gasteiger partial charge in [-0.25, -0.2) is 0 Å². The van der Waals surface area contributed by atoms with Crippen molar-refractivity contribution in [3.8, 4) is 11.1 Å². The van der Waals surface area contributed by atoms with E-state index in [1.807, 2.05) is 6.07 Å². The quantitative estimate of drug-likeness (QED) is 0.583. The number of nitrogens with zero attached hydrogens (tertiary/aromatic N) is 1. The van der Waals surface area contributed by atoms with E-state index in [-0.39, 0.29) is 12.1 Å². The summed E-state index contributed by atoms with van der Waals surface area (Å²) in [6.07, 6.45) is 5.39. The van der Waals surface area contributed by atoms with Gasteiger partial charge in [-0.15, -0.1) is 11.3 Å². The molecule has 2 aliphatic rings. The lowest BCUT2D eigenvalue weighted by Crippen LogP contribution is -2.59. The van der Waals surface area contributed by atoms with Crippen LogP contribution in [-0.4, -0.2) is 23.4 Å². The smallest absolute Gasteiger partial charge is 0.228 e. The van der Waals surface area contributed by atoms with Crippen LogP contribution in [0.25, 0.3) is 11.1 Å². The Morgan fingerprint density at radius 3 is 2.43 bits per heavy atom. The molecule has 2 fully saturated rings. The Morgan fingerprint density at radius 2 is 1.67 bits per heavy atom. The Kier molecular flexibility index (Phi) is 5.69. The predicted molar refractivity (Wildman–Crippen MR) is 123 cm³/mol. The average Bonchev–Trinajstić information content (AvgIpc) is 3.33. The maximum absolute atomic E-state index is 13.5. The van der Waals surface area contributed by atoms with E-state index in [9.17, 15) is 4.79 Å². The fourth-order valence-corrected chi connectivity index (χ4v) is 5.65. The topological polar surface area (TPSA) is 32.3 Å². The van der Waals surface area contributed by atoms with Gasteiger partial charge in [0.25, 0.3) is 0 Å². The molecule has 1 N–H and O–H groups in total. The summed E-state index contributed by atoms with van der Waals surface area (Å²) in [4.78, 5) is 16.9. The molecule has 3 atom stereocenters. The van der Waals surface area contributed by atoms with Gasteiger partial charge in [0.1, 0.15) is 6.17 Å². The Morgan fingerprint density at radius 1 is 0.900 bits per heavy atom. The minimum Gasteiger partial charge on any atom is -0.322 e. The van der Waals surface area contributed by atoms with Gasteiger partial charge in [-0.05, 0) is 47.4 Å². The van der Waals surface area contributed by atoms with Gasteiger partial charge in [-0.1, -0.05) is 73.5 Å². The van der Waals surface area contributed by atoms with E-state index >= 15 is 0 Å². The third-order valence-electron chi connectivity index (χ3n) is 6.56. The fourth-order valence-electron chi connectivity index (χ4n) is 4.95. The summed E-state index contributed by atoms with van der Waals surface area (Å²) in [5.41, 5.74) is 3.61. The van der Waals surface area contributed by atoms with Crippen LogP contribution in [0, 0.1) is 5.92 Å². The molecule has 3 nitrogen and oxygen atoms in total. The molecule has 4 heteroatoms. The zero-order valence-electron chi connectivity index (χ0n) is 17.2. The molecule has 3 unspecified atom stereocenters. The highest BCUT2D eigenvalue weighted by Crippen LogP contribution is 2.36. The first kappa shape index (κ1) is 19.5. The number of carbonyl (C=O) groups is 1. The van der Waals surface area contributed by atoms with E-state index < -0.39 is 0 Å². The van der Waals surface area contributed by atoms with Crippen molar-refractivity contribution >= 4 is 17.2 Å². The molecule has 1 saturated heterocycles. The largest absolute Gasteiger partial charge is 0.322 e. The molecule has 154 valence electrons. The highest BCUT2D eigenvalue weighted by atomic mass is 32.1. The first-order valence-corrected chi connectivity index (χ1v) is 11.9. The molecule has 5 rings (SSSR count). The lowest BCUT2D eigenvalue weighted by atomic mass is 9.81. The highest BCUT2D eigenvalue weighted by Gasteiger charge is 2.42. The van der Waals surface area contributed by atoms with E-state index in [1.54, 1.807) is 11.3 Å². The van der Waals surface area contributed by atoms with E-state index in [4.69, 9.17) is 0 Å². The molecule has 1 saturated carbocycles. The van der Waals surface area contributed by atoms with Crippen LogP contribution in [0.1, 0.15) is 42.3 Å². The second-order valence-corrected chi connectivity index (χ2v) is 9.45. The molecule has 1 aliphatic carbocycles. The van der Waals surface area contributed by atoms with Crippen molar-refractivity contribution in [2.24, 2.45) is 5.92 Å². The zero-order chi connectivity index (χ0) is 20.3. The molecule has 1 aliphatic heterocycles. The lowest BCUT2D eigenvalue weighted by molar-refractivity contribution is -0.146. The van der Waals surface area contributed by atoms with E-state index in [0.717, 1.165) is 25.8 Å². The van der Waals surface area contributed by atoms with Crippen LogP contribution >= 0.6 is 11.3 Å². The first-order valence-electron chi connectivity index (χ1n) is 11.0. The maximum atomic E-state index is 13.5. The van der Waals surface area contributed by atoms with Crippen LogP contribution in [0.4, 0.5) is 0 Å². The lowest BCUT2D eigenvalue weighted by Gasteiger charge is -2.46. The number of carbonyl (C=O) groups excluding carboxylic acids is 1. The van der Waals surface area contributed by atoms with Gasteiger partial charge in [0, 0.05) is 17.5 Å². The standard InChI is InChI=1S/C26H28N2OS/c29-26-23-10-4-5-11-24(23)27-25(28(26)17-16-22-9-6-18-30-22)21-14-12-20(13-15-21)19-7-2-1-3-8-19/h1-3,6-9,12-15,18,23-25,27H,4-5,10-11,16-17H2. The summed E-state index contributed by atoms with van der Waals surface area (Å²) in [6.45, 7) is 0.765. The molecular formula is C26H28N2OS. The second-order valence-electron chi connectivity index (χ2n) is 8.42. The van der Waals surface area contributed by atoms with Gasteiger partial charge < -0.3 is 4.90 Å². The Bertz CT molecular complexity index is 968. The SMILES string of the molecule is O=C1C2CCCCC2NC(c2ccc(-c3ccccc3)cc2)N1CCc1cccs1. The Balaban J connectivity index is 1.41. The number of amides is 1. The number of thiophene rings is 1. The monoisotopic (exact) mass is 416 g/mol. The van der Waals surface area contributed by atoms with Crippen molar-refractivity contribution in [2.75, 3.05) is 6.54 Å². The van der Waals surface area contributed by atoms with Gasteiger partial charge >= 0.3 is 0 Å². The first-order chi connectivity index (χ1) is 14.8. The summed E-state index contributed by atoms with van der Waals surface area (Å²) < 4.78 is 0. The number of hydrogen-bond donors (Lipinski definition) is 1. The fraction of sp³-hybridized carbons (Fsp3) is 0.346. The van der Waals surface area contributed by atoms with Crippen molar-refractivity contribution in [1.82, 2.24) is 10.2 Å². The average molecular weight is 417 g/mol. The van der Waals surface area contributed by atoms with Crippen molar-refractivity contribution < 1.29 is 4.79 Å². The van der Waals surface area contributed by atoms with Gasteiger partial charge in [0.05, 0.1) is 5.92 Å². The summed E-state index contributed by atoms with van der Waals surface area (Å²) >= 11 is 1.77. The van der Waals surface area contributed by atoms with Crippen molar-refractivity contribution in [3.63, 3.8) is 0 Å². The molecule has 0 radical (unpaired) electrons. The van der Waals surface area contributed by atoms with Gasteiger partial charge in [0.15, 0.2) is 0 Å². The predicted octanol–water partition coefficient (Wildman–Crippen LogP) is 5.65. The zero-order valence-corrected chi connectivity index (χ0v) is 18.0. The van der Waals surface area contributed by atoms with Crippen LogP contribution in [0.15, 0.2) is 72.1 Å². The van der Waals surface area contributed by atoms with Crippen LogP contribution in [0.5, 0.6) is 0 Å². The van der Waals surface area contributed by atoms with E-state index in [1.165, 1.54) is 34.4 Å². The normalized spacial score (nSPS) is 23.9. The summed E-state index contributed by atoms with van der Waals surface area (Å²) in [6, 6.07) is 23.8. The minimum atomic E-state index is -0.0402. The molecule has 0 bridgehead atoms. The molecular weight excluding hydrogens is 388 g/mol. The summed E-state index contributed by atoms with van der Waals surface area (Å²) in [5.74, 6) is 0.481. The summed E-state index contributed by atoms with van der Waals surface area (Å²) in [5, 5.41) is 5.96. The van der Waals surface area contributed by atoms with E-state index in [2.05, 4.69) is 76.3 Å². The van der Waals surface area contributed by atoms with Gasteiger partial charge in [-0.2, -0.15) is 0 Å². The third-order valence-corrected chi connectivity index (χ3v) is 7.50. The van der Waals surface area contributed by atoms with Crippen LogP contribution in [0.3, 0.4) is 0 Å². The number of fused-ring (bicyclic) bond motifs is 1. The maximum Gasteiger partial charge on any atom is 0.228 e. The van der Waals surface area contributed by atoms with Crippen LogP contribution in [0.2, 0.25) is 0 Å². The molecule has 1 amide bonds. The van der Waals surface area contributed by atoms with Crippen LogP contribution < -0.4 is 5.32 Å². The Labute approximate surface area is 182 Å². The van der Waals surface area contributed by atoms with E-state index in [0.29, 0.717) is 11.9 Å². The second kappa shape index (κ2) is 8.75. The Hall–Kier alpha value is -2.43. The molecule has 2 aromatic carbocycles. The number of nitrogens with one attached hydrogen (secondary N) is 1. The molecule has 0 spiro atoms. The highest BCUT2D eigenvalue weighted by molar-refractivity contribution is 7.09. The van der Waals surface area contributed by atoms with Gasteiger partial charge in [-0.3, -0.25) is 10.1 Å². The van der Waals surface area contributed by atoms with Crippen molar-refractivity contribution in [2.45, 2.75) is 44.3 Å². The van der Waals surface area contributed by atoms with Gasteiger partial charge in [0.2, 0.25) is 5.91 Å². The number of hydrogen-bond acceptors (Lipinski definition) is 3. The summed E-state index contributed by atoms with van der Waals surface area (Å²) in [7, 11) is 0. The third kappa shape index (κ3) is 3.94. The molecule has 2 heterocycles. The van der Waals surface area contributed by atoms with Crippen molar-refractivity contribution in [3.05, 3.63) is 82.6 Å². The number of rotatable bonds is 5. The molecule has 1 aromatic heterocycles. The van der Waals surface area contributed by atoms with Crippen LogP contribution in [-0.2, 0) is 11.2 Å². The number of benzene rings is 2. The molecule has 3 aromatic rings. The molecule has 30 heavy (non-hydrogen) atoms. The van der Waals surface area contributed by atoms with Crippen molar-refractivity contribution in [1.29, 1.82) is 0 Å². The minimum absolute atomic E-state index is 0.0402.